The number of rotatable bonds is 2. The number of aryl methyl sites for hydroxylation is 2. The fourth-order valence-electron chi connectivity index (χ4n) is 1.60. The summed E-state index contributed by atoms with van der Waals surface area (Å²) in [6.45, 7) is 4.00. The minimum absolute atomic E-state index is 0.657. The normalized spacial score (nSPS) is 10.0. The number of aromatic nitrogens is 2. The first-order valence-electron chi connectivity index (χ1n) is 5.32. The summed E-state index contributed by atoms with van der Waals surface area (Å²) < 4.78 is 0. The van der Waals surface area contributed by atoms with Crippen LogP contribution in [0.5, 0.6) is 0 Å². The van der Waals surface area contributed by atoms with Crippen LogP contribution in [0.4, 0.5) is 5.82 Å². The molecule has 0 bridgehead atoms. The molecule has 0 aliphatic heterocycles. The number of hydrogen-bond donors (Lipinski definition) is 1. The van der Waals surface area contributed by atoms with Gasteiger partial charge in [0.05, 0.1) is 0 Å². The molecule has 4 heteroatoms. The monoisotopic (exact) mass is 243 g/mol. The summed E-state index contributed by atoms with van der Waals surface area (Å²) in [4.78, 5) is 9.00. The number of nitrogens with one attached hydrogen (secondary N) is 1. The highest BCUT2D eigenvalue weighted by Crippen LogP contribution is 2.11. The molecule has 0 aliphatic carbocycles. The molecule has 2 rings (SSSR count). The largest absolute Gasteiger partial charge is 0.331 e. The van der Waals surface area contributed by atoms with Crippen LogP contribution >= 0.6 is 12.2 Å². The molecule has 0 atom stereocenters. The van der Waals surface area contributed by atoms with Gasteiger partial charge >= 0.3 is 0 Å². The molecular weight excluding hydrogens is 230 g/mol. The molecule has 0 amide bonds. The van der Waals surface area contributed by atoms with Crippen LogP contribution in [0.1, 0.15) is 16.8 Å². The van der Waals surface area contributed by atoms with E-state index < -0.39 is 0 Å². The highest BCUT2D eigenvalue weighted by molar-refractivity contribution is 7.81. The first-order chi connectivity index (χ1) is 8.15. The lowest BCUT2D eigenvalue weighted by Gasteiger charge is -2.08. The Bertz CT molecular complexity index is 517. The molecule has 0 aromatic carbocycles. The van der Waals surface area contributed by atoms with Crippen LogP contribution in [-0.4, -0.2) is 15.0 Å². The SMILES string of the molecule is Cc1cc(C)nc(NC(=S)c2ccncc2)c1. The van der Waals surface area contributed by atoms with E-state index in [0.717, 1.165) is 22.6 Å². The number of thiocarbonyl (C=S) groups is 1. The Morgan fingerprint density at radius 1 is 1.18 bits per heavy atom. The van der Waals surface area contributed by atoms with Gasteiger partial charge in [-0.05, 0) is 43.7 Å². The molecule has 0 spiro atoms. The van der Waals surface area contributed by atoms with Gasteiger partial charge in [0.15, 0.2) is 0 Å². The van der Waals surface area contributed by atoms with Gasteiger partial charge in [-0.1, -0.05) is 12.2 Å². The minimum Gasteiger partial charge on any atom is -0.331 e. The maximum atomic E-state index is 5.31. The number of nitrogens with zero attached hydrogens (tertiary/aromatic N) is 2. The Labute approximate surface area is 106 Å². The number of hydrogen-bond acceptors (Lipinski definition) is 3. The van der Waals surface area contributed by atoms with Crippen LogP contribution in [0.25, 0.3) is 0 Å². The zero-order chi connectivity index (χ0) is 12.3. The second-order valence-corrected chi connectivity index (χ2v) is 4.27. The van der Waals surface area contributed by atoms with Crippen LogP contribution in [0.3, 0.4) is 0 Å². The van der Waals surface area contributed by atoms with Crippen molar-refractivity contribution in [1.29, 1.82) is 0 Å². The van der Waals surface area contributed by atoms with Gasteiger partial charge in [-0.25, -0.2) is 4.98 Å². The molecule has 1 N–H and O–H groups in total. The van der Waals surface area contributed by atoms with Crippen molar-refractivity contribution in [2.24, 2.45) is 0 Å². The lowest BCUT2D eigenvalue weighted by molar-refractivity contribution is 1.18. The van der Waals surface area contributed by atoms with Crippen LogP contribution in [0.2, 0.25) is 0 Å². The van der Waals surface area contributed by atoms with Gasteiger partial charge in [0.2, 0.25) is 0 Å². The van der Waals surface area contributed by atoms with Crippen LogP contribution in [-0.2, 0) is 0 Å². The summed E-state index contributed by atoms with van der Waals surface area (Å²) in [6.07, 6.45) is 3.44. The van der Waals surface area contributed by atoms with E-state index in [1.54, 1.807) is 12.4 Å². The summed E-state index contributed by atoms with van der Waals surface area (Å²) in [6, 6.07) is 7.75. The molecule has 0 unspecified atom stereocenters. The molecular formula is C13H13N3S. The van der Waals surface area contributed by atoms with E-state index in [-0.39, 0.29) is 0 Å². The molecule has 3 nitrogen and oxygen atoms in total. The Balaban J connectivity index is 2.19. The van der Waals surface area contributed by atoms with Crippen molar-refractivity contribution in [3.63, 3.8) is 0 Å². The van der Waals surface area contributed by atoms with Gasteiger partial charge in [-0.2, -0.15) is 0 Å². The average molecular weight is 243 g/mol. The second kappa shape index (κ2) is 5.01. The Hall–Kier alpha value is -1.81. The molecule has 86 valence electrons. The van der Waals surface area contributed by atoms with E-state index in [9.17, 15) is 0 Å². The highest BCUT2D eigenvalue weighted by Gasteiger charge is 2.03. The van der Waals surface area contributed by atoms with E-state index in [1.807, 2.05) is 38.1 Å². The van der Waals surface area contributed by atoms with Crippen molar-refractivity contribution < 1.29 is 0 Å². The molecule has 0 saturated carbocycles. The summed E-state index contributed by atoms with van der Waals surface area (Å²) in [7, 11) is 0. The quantitative estimate of drug-likeness (QED) is 0.823. The number of pyridine rings is 2. The maximum Gasteiger partial charge on any atom is 0.131 e. The molecule has 17 heavy (non-hydrogen) atoms. The van der Waals surface area contributed by atoms with Gasteiger partial charge in [-0.3, -0.25) is 4.98 Å². The third kappa shape index (κ3) is 3.07. The van der Waals surface area contributed by atoms with Crippen LogP contribution in [0.15, 0.2) is 36.7 Å². The van der Waals surface area contributed by atoms with E-state index in [4.69, 9.17) is 12.2 Å². The van der Waals surface area contributed by atoms with E-state index in [2.05, 4.69) is 15.3 Å². The van der Waals surface area contributed by atoms with Crippen molar-refractivity contribution in [3.05, 3.63) is 53.5 Å². The van der Waals surface area contributed by atoms with Crippen LogP contribution < -0.4 is 5.32 Å². The van der Waals surface area contributed by atoms with Gasteiger partial charge in [-0.15, -0.1) is 0 Å². The topological polar surface area (TPSA) is 37.8 Å². The van der Waals surface area contributed by atoms with Gasteiger partial charge in [0.1, 0.15) is 10.8 Å². The summed E-state index contributed by atoms with van der Waals surface area (Å²) >= 11 is 5.31. The average Bonchev–Trinajstić information content (AvgIpc) is 2.28. The second-order valence-electron chi connectivity index (χ2n) is 3.86. The first-order valence-corrected chi connectivity index (χ1v) is 5.72. The van der Waals surface area contributed by atoms with Gasteiger partial charge < -0.3 is 5.32 Å². The third-order valence-corrected chi connectivity index (χ3v) is 2.62. The summed E-state index contributed by atoms with van der Waals surface area (Å²) in [5.74, 6) is 0.782. The van der Waals surface area contributed by atoms with Crippen LogP contribution in [0, 0.1) is 13.8 Å². The van der Waals surface area contributed by atoms with Crippen molar-refractivity contribution in [1.82, 2.24) is 9.97 Å². The van der Waals surface area contributed by atoms with Crippen molar-refractivity contribution in [2.45, 2.75) is 13.8 Å². The molecule has 0 fully saturated rings. The Morgan fingerprint density at radius 3 is 2.53 bits per heavy atom. The van der Waals surface area contributed by atoms with E-state index in [0.29, 0.717) is 4.99 Å². The standard InChI is InChI=1S/C13H13N3S/c1-9-7-10(2)15-12(8-9)16-13(17)11-3-5-14-6-4-11/h3-8H,1-2H3,(H,15,16,17). The predicted molar refractivity (Wildman–Crippen MR) is 73.3 cm³/mol. The summed E-state index contributed by atoms with van der Waals surface area (Å²) in [5, 5.41) is 3.13. The molecule has 2 heterocycles. The lowest BCUT2D eigenvalue weighted by atomic mass is 10.2. The van der Waals surface area contributed by atoms with Crippen molar-refractivity contribution in [3.8, 4) is 0 Å². The predicted octanol–water partition coefficient (Wildman–Crippen LogP) is 2.88. The van der Waals surface area contributed by atoms with Crippen molar-refractivity contribution >= 4 is 23.0 Å². The van der Waals surface area contributed by atoms with E-state index >= 15 is 0 Å². The molecule has 2 aromatic rings. The lowest BCUT2D eigenvalue weighted by Crippen LogP contribution is -2.12. The number of anilines is 1. The maximum absolute atomic E-state index is 5.31. The fourth-order valence-corrected chi connectivity index (χ4v) is 1.84. The summed E-state index contributed by atoms with van der Waals surface area (Å²) in [5.41, 5.74) is 3.08. The zero-order valence-electron chi connectivity index (χ0n) is 9.77. The van der Waals surface area contributed by atoms with E-state index in [1.165, 1.54) is 0 Å². The Kier molecular flexibility index (Phi) is 3.44. The Morgan fingerprint density at radius 2 is 1.88 bits per heavy atom. The van der Waals surface area contributed by atoms with Gasteiger partial charge in [0.25, 0.3) is 0 Å². The molecule has 0 radical (unpaired) electrons. The van der Waals surface area contributed by atoms with Crippen molar-refractivity contribution in [2.75, 3.05) is 5.32 Å². The zero-order valence-corrected chi connectivity index (χ0v) is 10.6. The van der Waals surface area contributed by atoms with Gasteiger partial charge in [0, 0.05) is 23.7 Å². The fraction of sp³-hybridized carbons (Fsp3) is 0.154. The molecule has 2 aromatic heterocycles. The molecule has 0 saturated heterocycles. The minimum atomic E-state index is 0.657. The first kappa shape index (κ1) is 11.7. The third-order valence-electron chi connectivity index (χ3n) is 2.28. The smallest absolute Gasteiger partial charge is 0.131 e. The molecule has 0 aliphatic rings. The highest BCUT2D eigenvalue weighted by atomic mass is 32.1.